The lowest BCUT2D eigenvalue weighted by Crippen LogP contribution is -2.13. The van der Waals surface area contributed by atoms with Crippen LogP contribution in [0.15, 0.2) is 35.1 Å². The van der Waals surface area contributed by atoms with Gasteiger partial charge < -0.3 is 0 Å². The first-order valence-electron chi connectivity index (χ1n) is 7.33. The molecule has 112 valence electrons. The maximum atomic E-state index is 12.6. The summed E-state index contributed by atoms with van der Waals surface area (Å²) in [7, 11) is 0. The van der Waals surface area contributed by atoms with E-state index < -0.39 is 0 Å². The second kappa shape index (κ2) is 5.23. The first-order chi connectivity index (χ1) is 10.8. The molecule has 0 amide bonds. The molecule has 0 saturated carbocycles. The molecular weight excluding hydrogens is 296 g/mol. The number of nitrogens with zero attached hydrogens (tertiary/aromatic N) is 2. The highest BCUT2D eigenvalue weighted by Crippen LogP contribution is 2.30. The average Bonchev–Trinajstić information content (AvgIpc) is 3.14. The highest BCUT2D eigenvalue weighted by Gasteiger charge is 2.22. The maximum absolute atomic E-state index is 12.6. The largest absolute Gasteiger partial charge is 0.296 e. The minimum atomic E-state index is 0.0737. The number of nitrogen functional groups attached to an aromatic ring is 1. The summed E-state index contributed by atoms with van der Waals surface area (Å²) in [4.78, 5) is 19.2. The lowest BCUT2D eigenvalue weighted by Gasteiger charge is -2.08. The van der Waals surface area contributed by atoms with Crippen LogP contribution < -0.4 is 16.7 Å². The van der Waals surface area contributed by atoms with Crippen molar-refractivity contribution in [3.05, 3.63) is 56.6 Å². The van der Waals surface area contributed by atoms with Gasteiger partial charge >= 0.3 is 0 Å². The smallest absolute Gasteiger partial charge is 0.219 e. The van der Waals surface area contributed by atoms with E-state index in [-0.39, 0.29) is 5.43 Å². The van der Waals surface area contributed by atoms with Crippen molar-refractivity contribution in [2.75, 3.05) is 5.43 Å². The number of hydrazine groups is 1. The van der Waals surface area contributed by atoms with Crippen molar-refractivity contribution < 1.29 is 0 Å². The van der Waals surface area contributed by atoms with Gasteiger partial charge in [-0.1, -0.05) is 30.3 Å². The second-order valence-corrected chi connectivity index (χ2v) is 6.58. The summed E-state index contributed by atoms with van der Waals surface area (Å²) in [6.07, 6.45) is 2.93. The number of nitrogens with two attached hydrogens (primary N) is 1. The van der Waals surface area contributed by atoms with Gasteiger partial charge in [-0.25, -0.2) is 10.8 Å². The Morgan fingerprint density at radius 2 is 2.09 bits per heavy atom. The van der Waals surface area contributed by atoms with E-state index in [1.165, 1.54) is 4.88 Å². The average molecular weight is 312 g/mol. The monoisotopic (exact) mass is 312 g/mol. The molecule has 2 aromatic heterocycles. The van der Waals surface area contributed by atoms with Crippen molar-refractivity contribution in [2.45, 2.75) is 25.8 Å². The maximum Gasteiger partial charge on any atom is 0.219 e. The quantitative estimate of drug-likeness (QED) is 0.575. The van der Waals surface area contributed by atoms with E-state index in [0.29, 0.717) is 18.0 Å². The summed E-state index contributed by atoms with van der Waals surface area (Å²) in [5, 5.41) is 0. The number of benzene rings is 1. The zero-order valence-corrected chi connectivity index (χ0v) is 12.8. The molecule has 2 heterocycles. The number of fused-ring (bicyclic) bond motifs is 2. The summed E-state index contributed by atoms with van der Waals surface area (Å²) in [6.45, 7) is 0.644. The van der Waals surface area contributed by atoms with Crippen LogP contribution in [0.25, 0.3) is 10.3 Å². The second-order valence-electron chi connectivity index (χ2n) is 5.49. The van der Waals surface area contributed by atoms with Gasteiger partial charge in [0.2, 0.25) is 11.4 Å². The van der Waals surface area contributed by atoms with Gasteiger partial charge in [0.25, 0.3) is 0 Å². The molecule has 1 aliphatic carbocycles. The zero-order valence-electron chi connectivity index (χ0n) is 12.0. The number of hydrogen-bond donors (Lipinski definition) is 2. The van der Waals surface area contributed by atoms with Gasteiger partial charge in [0.1, 0.15) is 10.3 Å². The summed E-state index contributed by atoms with van der Waals surface area (Å²) in [6, 6.07) is 10.1. The predicted octanol–water partition coefficient (Wildman–Crippen LogP) is 2.28. The van der Waals surface area contributed by atoms with Gasteiger partial charge in [0.15, 0.2) is 0 Å². The van der Waals surface area contributed by atoms with Crippen molar-refractivity contribution in [1.29, 1.82) is 0 Å². The highest BCUT2D eigenvalue weighted by molar-refractivity contribution is 7.18. The third-order valence-electron chi connectivity index (χ3n) is 4.11. The van der Waals surface area contributed by atoms with E-state index in [9.17, 15) is 4.79 Å². The van der Waals surface area contributed by atoms with Crippen molar-refractivity contribution >= 4 is 27.6 Å². The molecule has 4 rings (SSSR count). The third-order valence-corrected chi connectivity index (χ3v) is 5.41. The fourth-order valence-electron chi connectivity index (χ4n) is 3.04. The van der Waals surface area contributed by atoms with Gasteiger partial charge in [0, 0.05) is 10.4 Å². The molecule has 0 fully saturated rings. The van der Waals surface area contributed by atoms with Crippen LogP contribution in [0.1, 0.15) is 22.4 Å². The van der Waals surface area contributed by atoms with Gasteiger partial charge in [-0.15, -0.1) is 11.3 Å². The topological polar surface area (TPSA) is 72.9 Å². The molecule has 5 nitrogen and oxygen atoms in total. The molecule has 0 saturated heterocycles. The minimum Gasteiger partial charge on any atom is -0.296 e. The van der Waals surface area contributed by atoms with Crippen LogP contribution in [-0.2, 0) is 19.4 Å². The van der Waals surface area contributed by atoms with Gasteiger partial charge in [-0.05, 0) is 24.8 Å². The Kier molecular flexibility index (Phi) is 3.20. The molecule has 0 bridgehead atoms. The Morgan fingerprint density at radius 3 is 2.86 bits per heavy atom. The number of anilines is 1. The first kappa shape index (κ1) is 13.5. The summed E-state index contributed by atoms with van der Waals surface area (Å²) in [5.41, 5.74) is 5.34. The Balaban J connectivity index is 1.93. The minimum absolute atomic E-state index is 0.0737. The number of hydrogen-bond acceptors (Lipinski definition) is 5. The number of aromatic nitrogens is 2. The third kappa shape index (κ3) is 2.03. The standard InChI is InChI=1S/C16H16N4OS/c17-19-16-18-13-14(21)11-7-4-8-12(11)22-15(13)20(16)9-10-5-2-1-3-6-10/h1-3,5-6H,4,7-9,17H2,(H,18,19). The normalized spacial score (nSPS) is 13.5. The van der Waals surface area contributed by atoms with E-state index >= 15 is 0 Å². The van der Waals surface area contributed by atoms with Gasteiger partial charge in [0.05, 0.1) is 6.54 Å². The van der Waals surface area contributed by atoms with Crippen LogP contribution in [-0.4, -0.2) is 9.55 Å². The lowest BCUT2D eigenvalue weighted by molar-refractivity contribution is 0.832. The molecule has 0 radical (unpaired) electrons. The first-order valence-corrected chi connectivity index (χ1v) is 8.15. The van der Waals surface area contributed by atoms with Crippen LogP contribution in [0.3, 0.4) is 0 Å². The molecule has 0 atom stereocenters. The predicted molar refractivity (Wildman–Crippen MR) is 89.3 cm³/mol. The fourth-order valence-corrected chi connectivity index (χ4v) is 4.33. The Morgan fingerprint density at radius 1 is 1.27 bits per heavy atom. The lowest BCUT2D eigenvalue weighted by atomic mass is 10.2. The van der Waals surface area contributed by atoms with E-state index in [2.05, 4.69) is 22.5 Å². The molecule has 1 aromatic carbocycles. The molecule has 6 heteroatoms. The number of rotatable bonds is 3. The van der Waals surface area contributed by atoms with Crippen molar-refractivity contribution in [2.24, 2.45) is 5.84 Å². The van der Waals surface area contributed by atoms with Crippen LogP contribution >= 0.6 is 11.3 Å². The van der Waals surface area contributed by atoms with Crippen molar-refractivity contribution in [1.82, 2.24) is 9.55 Å². The molecule has 0 unspecified atom stereocenters. The Labute approximate surface area is 131 Å². The summed E-state index contributed by atoms with van der Waals surface area (Å²) >= 11 is 1.68. The summed E-state index contributed by atoms with van der Waals surface area (Å²) < 4.78 is 2.00. The van der Waals surface area contributed by atoms with Crippen LogP contribution in [0.2, 0.25) is 0 Å². The molecule has 0 aliphatic heterocycles. The van der Waals surface area contributed by atoms with Crippen LogP contribution in [0, 0.1) is 0 Å². The van der Waals surface area contributed by atoms with E-state index in [4.69, 9.17) is 5.84 Å². The van der Waals surface area contributed by atoms with Gasteiger partial charge in [-0.3, -0.25) is 14.8 Å². The number of nitrogens with one attached hydrogen (secondary N) is 1. The van der Waals surface area contributed by atoms with Crippen molar-refractivity contribution in [3.8, 4) is 0 Å². The van der Waals surface area contributed by atoms with E-state index in [1.54, 1.807) is 11.3 Å². The Hall–Kier alpha value is -2.18. The van der Waals surface area contributed by atoms with Gasteiger partial charge in [-0.2, -0.15) is 0 Å². The van der Waals surface area contributed by atoms with E-state index in [0.717, 1.165) is 35.2 Å². The number of imidazole rings is 1. The van der Waals surface area contributed by atoms with Crippen molar-refractivity contribution in [3.63, 3.8) is 0 Å². The fraction of sp³-hybridized carbons (Fsp3) is 0.250. The van der Waals surface area contributed by atoms with E-state index in [1.807, 2.05) is 22.8 Å². The number of aryl methyl sites for hydroxylation is 1. The molecule has 0 spiro atoms. The van der Waals surface area contributed by atoms with Crippen LogP contribution in [0.5, 0.6) is 0 Å². The highest BCUT2D eigenvalue weighted by atomic mass is 32.1. The molecule has 1 aliphatic rings. The molecule has 3 N–H and O–H groups in total. The molecular formula is C16H16N4OS. The SMILES string of the molecule is NNc1nc2c(=O)c3c(sc2n1Cc1ccccc1)CCC3. The Bertz CT molecular complexity index is 898. The molecule has 3 aromatic rings. The summed E-state index contributed by atoms with van der Waals surface area (Å²) in [5.74, 6) is 6.15. The van der Waals surface area contributed by atoms with Crippen LogP contribution in [0.4, 0.5) is 5.95 Å². The zero-order chi connectivity index (χ0) is 15.1. The molecule has 22 heavy (non-hydrogen) atoms.